The Labute approximate surface area is 225 Å². The molecule has 0 radical (unpaired) electrons. The zero-order valence-corrected chi connectivity index (χ0v) is 22.8. The first-order valence-corrected chi connectivity index (χ1v) is 14.0. The summed E-state index contributed by atoms with van der Waals surface area (Å²) in [6, 6.07) is 12.3. The summed E-state index contributed by atoms with van der Waals surface area (Å²) in [7, 11) is -2.04. The summed E-state index contributed by atoms with van der Waals surface area (Å²) >= 11 is -0.243. The molecule has 6 nitrogen and oxygen atoms in total. The number of anilines is 1. The predicted octanol–water partition coefficient (Wildman–Crippen LogP) is 6.86. The summed E-state index contributed by atoms with van der Waals surface area (Å²) in [5.41, 5.74) is -3.96. The van der Waals surface area contributed by atoms with Crippen LogP contribution in [0.5, 0.6) is 5.75 Å². The molecule has 3 aromatic rings. The fourth-order valence-corrected chi connectivity index (χ4v) is 5.63. The molecule has 2 aromatic carbocycles. The molecule has 0 bridgehead atoms. The Hall–Kier alpha value is -3.08. The summed E-state index contributed by atoms with van der Waals surface area (Å²) in [4.78, 5) is 18.6. The average Bonchev–Trinajstić information content (AvgIpc) is 2.84. The first-order chi connectivity index (χ1) is 17.9. The van der Waals surface area contributed by atoms with Crippen molar-refractivity contribution in [3.8, 4) is 5.75 Å². The number of carbonyl (C=O) groups excluding carboxylic acids is 1. The van der Waals surface area contributed by atoms with E-state index < -0.39 is 36.4 Å². The van der Waals surface area contributed by atoms with E-state index in [0.717, 1.165) is 17.3 Å². The van der Waals surface area contributed by atoms with Crippen LogP contribution in [0.25, 0.3) is 5.76 Å². The molecule has 13 heteroatoms. The van der Waals surface area contributed by atoms with E-state index in [-0.39, 0.29) is 50.7 Å². The first-order valence-electron chi connectivity index (χ1n) is 10.9. The van der Waals surface area contributed by atoms with Gasteiger partial charge in [0.15, 0.2) is 0 Å². The monoisotopic (exact) mass is 583 g/mol. The number of halogens is 4. The number of alkyl halides is 3. The number of amides is 1. The van der Waals surface area contributed by atoms with Gasteiger partial charge in [0.05, 0.1) is 33.2 Å². The smallest absolute Gasteiger partial charge is 0.446 e. The van der Waals surface area contributed by atoms with Crippen LogP contribution in [0.1, 0.15) is 18.2 Å². The number of thioether (sulfide) groups is 1. The molecule has 2 atom stereocenters. The lowest BCUT2D eigenvalue weighted by atomic mass is 10.2. The van der Waals surface area contributed by atoms with E-state index in [0.29, 0.717) is 10.5 Å². The standard InChI is InChI=1S/C25H22F4N3O3PS2/c1-4-38(34)21-10-11-22(36-24(33)32(14-30)18-7-5-6-17(26)13-18)31-23(21)16(3)35-20-9-8-19(12-15(20)2)37-25(27,28)29/h5-14,30,36H,3-4H2,1-2H3. The molecule has 0 saturated heterocycles. The van der Waals surface area contributed by atoms with E-state index >= 15 is 0 Å². The van der Waals surface area contributed by atoms with Crippen molar-refractivity contribution in [1.82, 2.24) is 4.98 Å². The summed E-state index contributed by atoms with van der Waals surface area (Å²) < 4.78 is 70.2. The predicted molar refractivity (Wildman–Crippen MR) is 145 cm³/mol. The van der Waals surface area contributed by atoms with Crippen LogP contribution in [0.4, 0.5) is 28.0 Å². The van der Waals surface area contributed by atoms with E-state index in [1.165, 1.54) is 42.5 Å². The van der Waals surface area contributed by atoms with Gasteiger partial charge in [-0.25, -0.2) is 9.37 Å². The van der Waals surface area contributed by atoms with Gasteiger partial charge in [0, 0.05) is 19.2 Å². The van der Waals surface area contributed by atoms with E-state index in [1.54, 1.807) is 19.9 Å². The summed E-state index contributed by atoms with van der Waals surface area (Å²) in [5.74, 6) is -0.0617. The molecule has 2 unspecified atom stereocenters. The number of nitrogens with zero attached hydrogens (tertiary/aromatic N) is 2. The summed E-state index contributed by atoms with van der Waals surface area (Å²) in [6.07, 6.45) is 0.775. The number of aryl methyl sites for hydroxylation is 1. The lowest BCUT2D eigenvalue weighted by Gasteiger charge is -2.18. The molecule has 200 valence electrons. The largest absolute Gasteiger partial charge is 0.455 e. The van der Waals surface area contributed by atoms with Gasteiger partial charge < -0.3 is 4.74 Å². The van der Waals surface area contributed by atoms with Gasteiger partial charge in [0.2, 0.25) is 0 Å². The van der Waals surface area contributed by atoms with Crippen molar-refractivity contribution in [2.45, 2.75) is 29.1 Å². The van der Waals surface area contributed by atoms with Crippen LogP contribution in [0, 0.1) is 18.2 Å². The molecule has 0 spiro atoms. The number of ether oxygens (including phenoxy) is 1. The minimum absolute atomic E-state index is 0.00498. The number of hydrogen-bond donors (Lipinski definition) is 1. The maximum absolute atomic E-state index is 13.6. The minimum atomic E-state index is -4.43. The maximum Gasteiger partial charge on any atom is 0.446 e. The van der Waals surface area contributed by atoms with Crippen molar-refractivity contribution < 1.29 is 31.3 Å². The fourth-order valence-electron chi connectivity index (χ4n) is 3.22. The molecule has 1 heterocycles. The number of aromatic nitrogens is 1. The highest BCUT2D eigenvalue weighted by molar-refractivity contribution is 8.00. The summed E-state index contributed by atoms with van der Waals surface area (Å²) in [6.45, 7) is 7.17. The fraction of sp³-hybridized carbons (Fsp3) is 0.160. The number of benzene rings is 2. The molecule has 1 N–H and O–H groups in total. The number of pyridine rings is 1. The Morgan fingerprint density at radius 2 is 1.97 bits per heavy atom. The number of rotatable bonds is 10. The second-order valence-electron chi connectivity index (χ2n) is 7.59. The number of nitrogens with one attached hydrogen (secondary N) is 1. The Balaban J connectivity index is 1.88. The van der Waals surface area contributed by atoms with Gasteiger partial charge in [0.1, 0.15) is 23.0 Å². The van der Waals surface area contributed by atoms with Crippen molar-refractivity contribution >= 4 is 60.0 Å². The van der Waals surface area contributed by atoms with Crippen LogP contribution in [0.2, 0.25) is 0 Å². The SMILES string of the molecule is C=C(Oc1ccc(SC(F)(F)F)cc1C)c1nc(PC(=O)N(C=N)c2cccc(F)c2)ccc1S(=O)CC. The third kappa shape index (κ3) is 7.72. The number of carbonyl (C=O) groups is 1. The molecule has 1 amide bonds. The van der Waals surface area contributed by atoms with Gasteiger partial charge in [0.25, 0.3) is 5.65 Å². The van der Waals surface area contributed by atoms with Crippen LogP contribution < -0.4 is 15.1 Å². The molecule has 0 fully saturated rings. The van der Waals surface area contributed by atoms with Gasteiger partial charge in [-0.2, -0.15) is 13.2 Å². The Morgan fingerprint density at radius 3 is 2.58 bits per heavy atom. The Bertz CT molecular complexity index is 1400. The number of hydrogen-bond acceptors (Lipinski definition) is 6. The third-order valence-corrected chi connectivity index (χ3v) is 7.97. The zero-order valence-electron chi connectivity index (χ0n) is 20.1. The zero-order chi connectivity index (χ0) is 28.0. The summed E-state index contributed by atoms with van der Waals surface area (Å²) in [5, 5.41) is 7.60. The lowest BCUT2D eigenvalue weighted by molar-refractivity contribution is -0.0328. The molecular weight excluding hydrogens is 561 g/mol. The normalized spacial score (nSPS) is 12.4. The lowest BCUT2D eigenvalue weighted by Crippen LogP contribution is -2.26. The minimum Gasteiger partial charge on any atom is -0.455 e. The van der Waals surface area contributed by atoms with Gasteiger partial charge >= 0.3 is 5.51 Å². The van der Waals surface area contributed by atoms with Gasteiger partial charge in [-0.15, -0.1) is 0 Å². The average molecular weight is 584 g/mol. The van der Waals surface area contributed by atoms with Crippen molar-refractivity contribution in [2.75, 3.05) is 10.7 Å². The quantitative estimate of drug-likeness (QED) is 0.0705. The highest BCUT2D eigenvalue weighted by atomic mass is 32.2. The van der Waals surface area contributed by atoms with Crippen molar-refractivity contribution in [1.29, 1.82) is 5.41 Å². The van der Waals surface area contributed by atoms with Gasteiger partial charge in [-0.05, 0) is 72.8 Å². The topological polar surface area (TPSA) is 83.3 Å². The molecule has 1 aromatic heterocycles. The molecular formula is C25H22F4N3O3PS2. The molecule has 0 aliphatic carbocycles. The van der Waals surface area contributed by atoms with Crippen molar-refractivity contribution in [3.05, 3.63) is 78.3 Å². The van der Waals surface area contributed by atoms with Crippen molar-refractivity contribution in [3.63, 3.8) is 0 Å². The van der Waals surface area contributed by atoms with E-state index in [1.807, 2.05) is 0 Å². The van der Waals surface area contributed by atoms with Crippen LogP contribution in [0.3, 0.4) is 0 Å². The van der Waals surface area contributed by atoms with Crippen LogP contribution in [-0.4, -0.2) is 32.4 Å². The van der Waals surface area contributed by atoms with Crippen molar-refractivity contribution in [2.24, 2.45) is 0 Å². The molecule has 3 rings (SSSR count). The van der Waals surface area contributed by atoms with Gasteiger partial charge in [-0.3, -0.25) is 19.3 Å². The molecule has 0 aliphatic rings. The highest BCUT2D eigenvalue weighted by Gasteiger charge is 2.29. The second-order valence-corrected chi connectivity index (χ2v) is 11.6. The molecule has 0 saturated carbocycles. The van der Waals surface area contributed by atoms with Crippen LogP contribution in [-0.2, 0) is 10.8 Å². The Kier molecular flexibility index (Phi) is 9.81. The van der Waals surface area contributed by atoms with E-state index in [2.05, 4.69) is 11.6 Å². The van der Waals surface area contributed by atoms with E-state index in [4.69, 9.17) is 10.1 Å². The van der Waals surface area contributed by atoms with Gasteiger partial charge in [-0.1, -0.05) is 19.6 Å². The highest BCUT2D eigenvalue weighted by Crippen LogP contribution is 2.38. The van der Waals surface area contributed by atoms with E-state index in [9.17, 15) is 26.6 Å². The van der Waals surface area contributed by atoms with Crippen LogP contribution in [0.15, 0.2) is 71.0 Å². The Morgan fingerprint density at radius 1 is 1.24 bits per heavy atom. The molecule has 0 aliphatic heterocycles. The maximum atomic E-state index is 13.6. The third-order valence-electron chi connectivity index (χ3n) is 4.91. The first kappa shape index (κ1) is 29.5. The molecule has 38 heavy (non-hydrogen) atoms. The van der Waals surface area contributed by atoms with Crippen LogP contribution >= 0.6 is 20.3 Å². The second kappa shape index (κ2) is 12.6.